The number of rotatable bonds is 10. The zero-order valence-electron chi connectivity index (χ0n) is 16.0. The third-order valence-corrected chi connectivity index (χ3v) is 4.03. The van der Waals surface area contributed by atoms with Gasteiger partial charge in [-0.2, -0.15) is 0 Å². The highest BCUT2D eigenvalue weighted by atomic mass is 16.6. The summed E-state index contributed by atoms with van der Waals surface area (Å²) in [4.78, 5) is 22.2. The van der Waals surface area contributed by atoms with Crippen molar-refractivity contribution < 1.29 is 19.2 Å². The van der Waals surface area contributed by atoms with Crippen LogP contribution in [0.15, 0.2) is 48.5 Å². The predicted molar refractivity (Wildman–Crippen MR) is 108 cm³/mol. The molecule has 0 aliphatic carbocycles. The molecule has 0 aromatic heterocycles. The Morgan fingerprint density at radius 1 is 1.21 bits per heavy atom. The second-order valence-corrected chi connectivity index (χ2v) is 6.07. The smallest absolute Gasteiger partial charge is 0.330 e. The summed E-state index contributed by atoms with van der Waals surface area (Å²) in [5.74, 6) is -0.522. The van der Waals surface area contributed by atoms with Crippen LogP contribution in [0.3, 0.4) is 0 Å². The number of methoxy groups -OCH3 is 1. The van der Waals surface area contributed by atoms with Crippen LogP contribution in [0.4, 0.5) is 11.4 Å². The number of esters is 1. The Morgan fingerprint density at radius 2 is 1.96 bits per heavy atom. The van der Waals surface area contributed by atoms with E-state index in [0.29, 0.717) is 31.0 Å². The summed E-state index contributed by atoms with van der Waals surface area (Å²) in [5, 5.41) is 14.6. The standard InChI is InChI=1S/C21H24N2O5/c1-3-12-28-15-18-7-5-4-6-17(18)14-22-19-10-8-16(9-11-21(24)27-2)13-20(19)23(25)26/h4-11,13,22H,3,12,14-15H2,1-2H3/b11-9+. The van der Waals surface area contributed by atoms with Gasteiger partial charge < -0.3 is 14.8 Å². The van der Waals surface area contributed by atoms with Gasteiger partial charge in [0.25, 0.3) is 5.69 Å². The lowest BCUT2D eigenvalue weighted by Crippen LogP contribution is -2.06. The Labute approximate surface area is 164 Å². The predicted octanol–water partition coefficient (Wildman–Crippen LogP) is 4.32. The van der Waals surface area contributed by atoms with Crippen LogP contribution in [-0.2, 0) is 27.4 Å². The third kappa shape index (κ3) is 6.21. The molecule has 148 valence electrons. The zero-order chi connectivity index (χ0) is 20.4. The first-order valence-electron chi connectivity index (χ1n) is 8.98. The lowest BCUT2D eigenvalue weighted by Gasteiger charge is -2.12. The number of nitro groups is 1. The molecule has 0 aliphatic rings. The van der Waals surface area contributed by atoms with Crippen LogP contribution in [0.25, 0.3) is 6.08 Å². The third-order valence-electron chi connectivity index (χ3n) is 4.03. The van der Waals surface area contributed by atoms with E-state index in [2.05, 4.69) is 17.0 Å². The van der Waals surface area contributed by atoms with Crippen molar-refractivity contribution >= 4 is 23.4 Å². The van der Waals surface area contributed by atoms with Crippen LogP contribution in [0.5, 0.6) is 0 Å². The second-order valence-electron chi connectivity index (χ2n) is 6.07. The highest BCUT2D eigenvalue weighted by molar-refractivity contribution is 5.87. The minimum atomic E-state index is -0.522. The quantitative estimate of drug-likeness (QED) is 0.216. The molecule has 0 spiro atoms. The normalized spacial score (nSPS) is 10.8. The number of carbonyl (C=O) groups is 1. The molecule has 0 aliphatic heterocycles. The van der Waals surface area contributed by atoms with Crippen LogP contribution in [0.2, 0.25) is 0 Å². The second kappa shape index (κ2) is 10.8. The molecule has 0 unspecified atom stereocenters. The number of nitrogens with zero attached hydrogens (tertiary/aromatic N) is 1. The van der Waals surface area contributed by atoms with E-state index >= 15 is 0 Å². The van der Waals surface area contributed by atoms with Gasteiger partial charge in [0.05, 0.1) is 18.6 Å². The van der Waals surface area contributed by atoms with Crippen LogP contribution in [0.1, 0.15) is 30.0 Å². The van der Waals surface area contributed by atoms with Gasteiger partial charge >= 0.3 is 5.97 Å². The monoisotopic (exact) mass is 384 g/mol. The lowest BCUT2D eigenvalue weighted by atomic mass is 10.1. The number of hydrogen-bond donors (Lipinski definition) is 1. The van der Waals surface area contributed by atoms with Crippen molar-refractivity contribution in [2.45, 2.75) is 26.5 Å². The minimum absolute atomic E-state index is 0.0632. The molecule has 0 heterocycles. The van der Waals surface area contributed by atoms with Crippen LogP contribution in [-0.4, -0.2) is 24.6 Å². The van der Waals surface area contributed by atoms with Gasteiger partial charge in [0.1, 0.15) is 5.69 Å². The van der Waals surface area contributed by atoms with Crippen LogP contribution in [0, 0.1) is 10.1 Å². The number of benzene rings is 2. The minimum Gasteiger partial charge on any atom is -0.466 e. The molecular weight excluding hydrogens is 360 g/mol. The summed E-state index contributed by atoms with van der Waals surface area (Å²) in [6, 6.07) is 12.6. The van der Waals surface area contributed by atoms with Crippen molar-refractivity contribution in [2.75, 3.05) is 19.0 Å². The van der Waals surface area contributed by atoms with Gasteiger partial charge in [-0.25, -0.2) is 4.79 Å². The molecule has 2 aromatic carbocycles. The fourth-order valence-corrected chi connectivity index (χ4v) is 2.57. The Hall–Kier alpha value is -3.19. The van der Waals surface area contributed by atoms with Gasteiger partial charge in [-0.05, 0) is 35.3 Å². The lowest BCUT2D eigenvalue weighted by molar-refractivity contribution is -0.384. The molecule has 7 heteroatoms. The Bertz CT molecular complexity index is 848. The number of nitro benzene ring substituents is 1. The van der Waals surface area contributed by atoms with E-state index in [1.165, 1.54) is 25.3 Å². The SMILES string of the molecule is CCCOCc1ccccc1CNc1ccc(/C=C/C(=O)OC)cc1[N+](=O)[O-]. The molecule has 0 amide bonds. The summed E-state index contributed by atoms with van der Waals surface area (Å²) < 4.78 is 10.1. The molecule has 0 saturated heterocycles. The van der Waals surface area contributed by atoms with Crippen LogP contribution >= 0.6 is 0 Å². The number of anilines is 1. The molecule has 0 bridgehead atoms. The van der Waals surface area contributed by atoms with Crippen molar-refractivity contribution in [1.82, 2.24) is 0 Å². The summed E-state index contributed by atoms with van der Waals surface area (Å²) in [6.45, 7) is 3.68. The maximum atomic E-state index is 11.5. The molecule has 0 saturated carbocycles. The molecule has 2 aromatic rings. The van der Waals surface area contributed by atoms with Gasteiger partial charge in [0, 0.05) is 25.3 Å². The first kappa shape index (κ1) is 21.1. The maximum absolute atomic E-state index is 11.5. The highest BCUT2D eigenvalue weighted by Gasteiger charge is 2.14. The zero-order valence-corrected chi connectivity index (χ0v) is 16.0. The van der Waals surface area contributed by atoms with Gasteiger partial charge in [0.2, 0.25) is 0 Å². The van der Waals surface area contributed by atoms with E-state index in [-0.39, 0.29) is 5.69 Å². The van der Waals surface area contributed by atoms with E-state index in [1.807, 2.05) is 24.3 Å². The summed E-state index contributed by atoms with van der Waals surface area (Å²) >= 11 is 0. The molecule has 28 heavy (non-hydrogen) atoms. The maximum Gasteiger partial charge on any atom is 0.330 e. The van der Waals surface area contributed by atoms with Crippen molar-refractivity contribution in [3.8, 4) is 0 Å². The molecule has 7 nitrogen and oxygen atoms in total. The average Bonchev–Trinajstić information content (AvgIpc) is 2.71. The topological polar surface area (TPSA) is 90.7 Å². The number of nitrogens with one attached hydrogen (secondary N) is 1. The van der Waals surface area contributed by atoms with Crippen molar-refractivity contribution in [3.63, 3.8) is 0 Å². The van der Waals surface area contributed by atoms with Crippen molar-refractivity contribution in [1.29, 1.82) is 0 Å². The number of ether oxygens (including phenoxy) is 2. The van der Waals surface area contributed by atoms with E-state index in [4.69, 9.17) is 4.74 Å². The van der Waals surface area contributed by atoms with Crippen molar-refractivity contribution in [3.05, 3.63) is 75.3 Å². The van der Waals surface area contributed by atoms with E-state index in [0.717, 1.165) is 17.5 Å². The average molecular weight is 384 g/mol. The summed E-state index contributed by atoms with van der Waals surface area (Å²) in [6.07, 6.45) is 3.64. The Balaban J connectivity index is 2.15. The molecule has 0 atom stereocenters. The van der Waals surface area contributed by atoms with Gasteiger partial charge in [-0.3, -0.25) is 10.1 Å². The van der Waals surface area contributed by atoms with Crippen LogP contribution < -0.4 is 5.32 Å². The van der Waals surface area contributed by atoms with Crippen molar-refractivity contribution in [2.24, 2.45) is 0 Å². The van der Waals surface area contributed by atoms with E-state index in [9.17, 15) is 14.9 Å². The van der Waals surface area contributed by atoms with E-state index < -0.39 is 10.9 Å². The molecule has 1 N–H and O–H groups in total. The fourth-order valence-electron chi connectivity index (χ4n) is 2.57. The largest absolute Gasteiger partial charge is 0.466 e. The Kier molecular flexibility index (Phi) is 8.17. The van der Waals surface area contributed by atoms with Gasteiger partial charge in [0.15, 0.2) is 0 Å². The fraction of sp³-hybridized carbons (Fsp3) is 0.286. The highest BCUT2D eigenvalue weighted by Crippen LogP contribution is 2.27. The summed E-state index contributed by atoms with van der Waals surface area (Å²) in [5.41, 5.74) is 2.94. The van der Waals surface area contributed by atoms with Gasteiger partial charge in [-0.15, -0.1) is 0 Å². The first-order chi connectivity index (χ1) is 13.5. The summed E-state index contributed by atoms with van der Waals surface area (Å²) in [7, 11) is 1.27. The Morgan fingerprint density at radius 3 is 2.64 bits per heavy atom. The molecule has 2 rings (SSSR count). The number of carbonyl (C=O) groups excluding carboxylic acids is 1. The molecule has 0 fully saturated rings. The van der Waals surface area contributed by atoms with E-state index in [1.54, 1.807) is 12.1 Å². The van der Waals surface area contributed by atoms with Gasteiger partial charge in [-0.1, -0.05) is 37.3 Å². The number of hydrogen-bond acceptors (Lipinski definition) is 6. The molecule has 0 radical (unpaired) electrons. The first-order valence-corrected chi connectivity index (χ1v) is 8.98. The molecular formula is C21H24N2O5.